The molecule has 0 aliphatic carbocycles. The van der Waals surface area contributed by atoms with Gasteiger partial charge in [-0.15, -0.1) is 0 Å². The van der Waals surface area contributed by atoms with Crippen LogP contribution in [0.15, 0.2) is 34.8 Å². The molecule has 1 N–H and O–H groups in total. The number of benzene rings is 1. The zero-order valence-corrected chi connectivity index (χ0v) is 13.1. The number of rotatable bonds is 7. The van der Waals surface area contributed by atoms with Crippen LogP contribution in [0.3, 0.4) is 0 Å². The Balaban J connectivity index is 3.01. The fourth-order valence-corrected chi connectivity index (χ4v) is 1.99. The fraction of sp³-hybridized carbons (Fsp3) is 0.267. The second kappa shape index (κ2) is 7.75. The Morgan fingerprint density at radius 3 is 2.75 bits per heavy atom. The van der Waals surface area contributed by atoms with Crippen LogP contribution in [-0.4, -0.2) is 24.8 Å². The standard InChI is InChI=1S/C15H17BrO4/c1-4-10(2)9-20-15-12(16)7-11(5-6-14(17)18)8-13(15)19-3/h5-8H,2,4,9H2,1,3H3,(H,17,18). The van der Waals surface area contributed by atoms with Gasteiger partial charge < -0.3 is 14.6 Å². The molecule has 0 unspecified atom stereocenters. The average Bonchev–Trinajstić information content (AvgIpc) is 2.42. The van der Waals surface area contributed by atoms with Crippen LogP contribution >= 0.6 is 15.9 Å². The molecule has 0 amide bonds. The van der Waals surface area contributed by atoms with E-state index in [4.69, 9.17) is 14.6 Å². The lowest BCUT2D eigenvalue weighted by Crippen LogP contribution is -2.02. The lowest BCUT2D eigenvalue weighted by atomic mass is 10.2. The zero-order chi connectivity index (χ0) is 15.1. The monoisotopic (exact) mass is 340 g/mol. The van der Waals surface area contributed by atoms with Gasteiger partial charge in [-0.05, 0) is 51.7 Å². The molecule has 108 valence electrons. The number of aliphatic carboxylic acids is 1. The van der Waals surface area contributed by atoms with Crippen LogP contribution in [0, 0.1) is 0 Å². The lowest BCUT2D eigenvalue weighted by molar-refractivity contribution is -0.131. The first kappa shape index (κ1) is 16.3. The van der Waals surface area contributed by atoms with Crippen LogP contribution in [0.2, 0.25) is 0 Å². The van der Waals surface area contributed by atoms with Gasteiger partial charge in [0, 0.05) is 6.08 Å². The number of carboxylic acids is 1. The highest BCUT2D eigenvalue weighted by atomic mass is 79.9. The fourth-order valence-electron chi connectivity index (χ4n) is 1.42. The molecule has 0 radical (unpaired) electrons. The summed E-state index contributed by atoms with van der Waals surface area (Å²) >= 11 is 3.40. The van der Waals surface area contributed by atoms with Gasteiger partial charge in [0.1, 0.15) is 6.61 Å². The molecule has 0 spiro atoms. The maximum absolute atomic E-state index is 10.5. The summed E-state index contributed by atoms with van der Waals surface area (Å²) in [5, 5.41) is 8.63. The first-order chi connectivity index (χ1) is 9.47. The van der Waals surface area contributed by atoms with Crippen molar-refractivity contribution in [2.75, 3.05) is 13.7 Å². The Bertz CT molecular complexity index is 535. The summed E-state index contributed by atoms with van der Waals surface area (Å²) in [6.07, 6.45) is 3.41. The predicted octanol–water partition coefficient (Wildman–Crippen LogP) is 3.90. The second-order valence-electron chi connectivity index (χ2n) is 4.10. The molecule has 0 atom stereocenters. The van der Waals surface area contributed by atoms with Crippen molar-refractivity contribution >= 4 is 28.0 Å². The molecule has 0 aliphatic rings. The molecule has 0 bridgehead atoms. The topological polar surface area (TPSA) is 55.8 Å². The number of halogens is 1. The normalized spacial score (nSPS) is 10.6. The Labute approximate surface area is 126 Å². The molecule has 0 saturated carbocycles. The minimum atomic E-state index is -1.00. The second-order valence-corrected chi connectivity index (χ2v) is 4.95. The Hall–Kier alpha value is -1.75. The molecule has 5 heteroatoms. The number of carboxylic acid groups (broad SMARTS) is 1. The summed E-state index contributed by atoms with van der Waals surface area (Å²) in [5.74, 6) is 0.113. The van der Waals surface area contributed by atoms with E-state index in [9.17, 15) is 4.79 Å². The Kier molecular flexibility index (Phi) is 6.31. The summed E-state index contributed by atoms with van der Waals surface area (Å²) in [6.45, 7) is 6.31. The van der Waals surface area contributed by atoms with Crippen LogP contribution in [-0.2, 0) is 4.79 Å². The summed E-state index contributed by atoms with van der Waals surface area (Å²) in [6, 6.07) is 3.49. The number of hydrogen-bond donors (Lipinski definition) is 1. The van der Waals surface area contributed by atoms with E-state index >= 15 is 0 Å². The minimum Gasteiger partial charge on any atom is -0.493 e. The van der Waals surface area contributed by atoms with Crippen LogP contribution in [0.1, 0.15) is 18.9 Å². The van der Waals surface area contributed by atoms with Gasteiger partial charge in [0.05, 0.1) is 11.6 Å². The lowest BCUT2D eigenvalue weighted by Gasteiger charge is -2.14. The van der Waals surface area contributed by atoms with Crippen molar-refractivity contribution in [2.45, 2.75) is 13.3 Å². The smallest absolute Gasteiger partial charge is 0.328 e. The minimum absolute atomic E-state index is 0.412. The molecule has 1 aromatic carbocycles. The Morgan fingerprint density at radius 1 is 1.50 bits per heavy atom. The summed E-state index contributed by atoms with van der Waals surface area (Å²) in [7, 11) is 1.54. The van der Waals surface area contributed by atoms with Crippen molar-refractivity contribution in [1.29, 1.82) is 0 Å². The van der Waals surface area contributed by atoms with Gasteiger partial charge in [-0.25, -0.2) is 4.79 Å². The number of methoxy groups -OCH3 is 1. The summed E-state index contributed by atoms with van der Waals surface area (Å²) in [4.78, 5) is 10.5. The SMILES string of the molecule is C=C(CC)COc1c(Br)cc(C=CC(=O)O)cc1OC. The van der Waals surface area contributed by atoms with Crippen molar-refractivity contribution in [2.24, 2.45) is 0 Å². The van der Waals surface area contributed by atoms with Gasteiger partial charge in [0.25, 0.3) is 0 Å². The van der Waals surface area contributed by atoms with Crippen molar-refractivity contribution in [3.8, 4) is 11.5 Å². The molecule has 0 aliphatic heterocycles. The number of carbonyl (C=O) groups is 1. The average molecular weight is 341 g/mol. The van der Waals surface area contributed by atoms with E-state index in [-0.39, 0.29) is 0 Å². The molecular weight excluding hydrogens is 324 g/mol. The van der Waals surface area contributed by atoms with Crippen molar-refractivity contribution in [3.05, 3.63) is 40.4 Å². The molecule has 20 heavy (non-hydrogen) atoms. The quantitative estimate of drug-likeness (QED) is 0.604. The molecule has 0 aromatic heterocycles. The molecule has 1 rings (SSSR count). The molecule has 4 nitrogen and oxygen atoms in total. The van der Waals surface area contributed by atoms with Crippen molar-refractivity contribution < 1.29 is 19.4 Å². The molecule has 0 heterocycles. The van der Waals surface area contributed by atoms with Gasteiger partial charge in [0.2, 0.25) is 0 Å². The van der Waals surface area contributed by atoms with Gasteiger partial charge >= 0.3 is 5.97 Å². The molecule has 1 aromatic rings. The maximum atomic E-state index is 10.5. The molecular formula is C15H17BrO4. The third-order valence-electron chi connectivity index (χ3n) is 2.59. The van der Waals surface area contributed by atoms with Crippen LogP contribution in [0.5, 0.6) is 11.5 Å². The van der Waals surface area contributed by atoms with E-state index in [1.54, 1.807) is 12.1 Å². The molecule has 0 fully saturated rings. The van der Waals surface area contributed by atoms with Gasteiger partial charge in [0.15, 0.2) is 11.5 Å². The highest BCUT2D eigenvalue weighted by molar-refractivity contribution is 9.10. The molecule has 0 saturated heterocycles. The van der Waals surface area contributed by atoms with E-state index in [1.807, 2.05) is 6.92 Å². The zero-order valence-electron chi connectivity index (χ0n) is 11.5. The largest absolute Gasteiger partial charge is 0.493 e. The number of hydrogen-bond acceptors (Lipinski definition) is 3. The third-order valence-corrected chi connectivity index (χ3v) is 3.18. The van der Waals surface area contributed by atoms with Crippen molar-refractivity contribution in [3.63, 3.8) is 0 Å². The highest BCUT2D eigenvalue weighted by Gasteiger charge is 2.11. The maximum Gasteiger partial charge on any atom is 0.328 e. The van der Waals surface area contributed by atoms with E-state index < -0.39 is 5.97 Å². The number of ether oxygens (including phenoxy) is 2. The third kappa shape index (κ3) is 4.74. The summed E-state index contributed by atoms with van der Waals surface area (Å²) < 4.78 is 11.7. The Morgan fingerprint density at radius 2 is 2.20 bits per heavy atom. The van der Waals surface area contributed by atoms with E-state index in [1.165, 1.54) is 13.2 Å². The van der Waals surface area contributed by atoms with E-state index in [0.717, 1.165) is 18.1 Å². The van der Waals surface area contributed by atoms with Gasteiger partial charge in [-0.3, -0.25) is 0 Å². The van der Waals surface area contributed by atoms with Gasteiger partial charge in [-0.1, -0.05) is 13.5 Å². The van der Waals surface area contributed by atoms with E-state index in [2.05, 4.69) is 22.5 Å². The van der Waals surface area contributed by atoms with E-state index in [0.29, 0.717) is 28.1 Å². The van der Waals surface area contributed by atoms with Crippen LogP contribution < -0.4 is 9.47 Å². The van der Waals surface area contributed by atoms with Crippen LogP contribution in [0.4, 0.5) is 0 Å². The highest BCUT2D eigenvalue weighted by Crippen LogP contribution is 2.37. The first-order valence-corrected chi connectivity index (χ1v) is 6.85. The first-order valence-electron chi connectivity index (χ1n) is 6.06. The summed E-state index contributed by atoms with van der Waals surface area (Å²) in [5.41, 5.74) is 1.69. The van der Waals surface area contributed by atoms with Crippen LogP contribution in [0.25, 0.3) is 6.08 Å². The van der Waals surface area contributed by atoms with Crippen molar-refractivity contribution in [1.82, 2.24) is 0 Å². The predicted molar refractivity (Wildman–Crippen MR) is 82.3 cm³/mol. The van der Waals surface area contributed by atoms with Gasteiger partial charge in [-0.2, -0.15) is 0 Å².